The molecule has 0 aliphatic carbocycles. The largest absolute Gasteiger partial charge is 0.481 e. The van der Waals surface area contributed by atoms with Crippen molar-refractivity contribution in [2.24, 2.45) is 23.7 Å². The van der Waals surface area contributed by atoms with Crippen LogP contribution in [0, 0.1) is 23.7 Å². The normalized spacial score (nSPS) is 16.3. The van der Waals surface area contributed by atoms with Gasteiger partial charge in [0.15, 0.2) is 0 Å². The molecule has 5 amide bonds. The Bertz CT molecular complexity index is 1000. The van der Waals surface area contributed by atoms with Crippen molar-refractivity contribution in [2.45, 2.75) is 137 Å². The maximum atomic E-state index is 13.3. The van der Waals surface area contributed by atoms with Gasteiger partial charge in [-0.2, -0.15) is 0 Å². The van der Waals surface area contributed by atoms with Gasteiger partial charge in [0.2, 0.25) is 29.5 Å². The lowest BCUT2D eigenvalue weighted by molar-refractivity contribution is -0.140. The van der Waals surface area contributed by atoms with Crippen LogP contribution >= 0.6 is 0 Å². The van der Waals surface area contributed by atoms with Gasteiger partial charge < -0.3 is 41.9 Å². The van der Waals surface area contributed by atoms with Crippen LogP contribution in [0.25, 0.3) is 0 Å². The molecule has 0 aliphatic heterocycles. The molecule has 260 valence electrons. The van der Waals surface area contributed by atoms with Crippen molar-refractivity contribution in [3.8, 4) is 0 Å². The topological polar surface area (TPSA) is 223 Å². The van der Waals surface area contributed by atoms with Crippen LogP contribution in [0.2, 0.25) is 0 Å². The van der Waals surface area contributed by atoms with Crippen molar-refractivity contribution in [3.63, 3.8) is 0 Å². The van der Waals surface area contributed by atoms with Gasteiger partial charge in [0, 0.05) is 6.92 Å². The quantitative estimate of drug-likeness (QED) is 0.0920. The number of carbonyl (C=O) groups excluding carboxylic acids is 5. The number of rotatable bonds is 20. The first-order chi connectivity index (χ1) is 20.7. The summed E-state index contributed by atoms with van der Waals surface area (Å²) in [4.78, 5) is 74.6. The summed E-state index contributed by atoms with van der Waals surface area (Å²) in [7, 11) is 0. The van der Waals surface area contributed by atoms with Crippen LogP contribution in [0.1, 0.15) is 94.9 Å². The zero-order chi connectivity index (χ0) is 35.2. The molecule has 0 bridgehead atoms. The number of hydrogen-bond acceptors (Lipinski definition) is 8. The van der Waals surface area contributed by atoms with Crippen LogP contribution in [0.15, 0.2) is 0 Å². The van der Waals surface area contributed by atoms with Crippen molar-refractivity contribution in [3.05, 3.63) is 0 Å². The van der Waals surface area contributed by atoms with E-state index in [2.05, 4.69) is 26.6 Å². The highest BCUT2D eigenvalue weighted by atomic mass is 16.4. The molecule has 0 aromatic heterocycles. The minimum Gasteiger partial charge on any atom is -0.481 e. The predicted octanol–water partition coefficient (Wildman–Crippen LogP) is 0.441. The summed E-state index contributed by atoms with van der Waals surface area (Å²) in [6.45, 7) is 17.2. The van der Waals surface area contributed by atoms with Crippen molar-refractivity contribution in [2.75, 3.05) is 0 Å². The molecule has 0 aliphatic rings. The molecule has 0 aromatic carbocycles. The highest BCUT2D eigenvalue weighted by Crippen LogP contribution is 2.14. The summed E-state index contributed by atoms with van der Waals surface area (Å²) in [6, 6.07) is -4.59. The van der Waals surface area contributed by atoms with Crippen LogP contribution < -0.4 is 26.6 Å². The number of carboxylic acids is 1. The van der Waals surface area contributed by atoms with Gasteiger partial charge >= 0.3 is 5.97 Å². The lowest BCUT2D eigenvalue weighted by Gasteiger charge is -2.31. The molecule has 14 nitrogen and oxygen atoms in total. The molecule has 45 heavy (non-hydrogen) atoms. The van der Waals surface area contributed by atoms with Crippen molar-refractivity contribution >= 4 is 35.5 Å². The van der Waals surface area contributed by atoms with Crippen LogP contribution in [0.3, 0.4) is 0 Å². The molecule has 0 unspecified atom stereocenters. The first-order valence-corrected chi connectivity index (χ1v) is 15.7. The molecule has 0 saturated heterocycles. The maximum absolute atomic E-state index is 13.3. The van der Waals surface area contributed by atoms with E-state index in [1.807, 2.05) is 27.7 Å². The van der Waals surface area contributed by atoms with E-state index >= 15 is 0 Å². The van der Waals surface area contributed by atoms with Gasteiger partial charge in [0.25, 0.3) is 0 Å². The van der Waals surface area contributed by atoms with Crippen molar-refractivity contribution in [1.82, 2.24) is 26.6 Å². The monoisotopic (exact) mass is 643 g/mol. The number of nitrogens with one attached hydrogen (secondary N) is 5. The molecule has 7 atom stereocenters. The fourth-order valence-electron chi connectivity index (χ4n) is 4.77. The number of carbonyl (C=O) groups is 6. The van der Waals surface area contributed by atoms with Crippen LogP contribution in [0.5, 0.6) is 0 Å². The van der Waals surface area contributed by atoms with Crippen LogP contribution in [-0.4, -0.2) is 93.2 Å². The SMILES string of the molecule is CC(=O)N[C@H](C(=O)N[C@@H](C(=O)N[C@H](CC(C)C)[C@@H](O)CC(=O)N[C@H](C)C(=O)N[C@H](CC(C)C)[C@H](O)CC(=O)O)C(C)C)C(C)C. The van der Waals surface area contributed by atoms with Gasteiger partial charge in [-0.1, -0.05) is 55.4 Å². The Morgan fingerprint density at radius 2 is 0.956 bits per heavy atom. The Balaban J connectivity index is 5.54. The molecule has 0 rings (SSSR count). The van der Waals surface area contributed by atoms with Gasteiger partial charge in [-0.3, -0.25) is 28.8 Å². The number of amides is 5. The maximum Gasteiger partial charge on any atom is 0.306 e. The minimum absolute atomic E-state index is 0.0185. The first-order valence-electron chi connectivity index (χ1n) is 15.7. The van der Waals surface area contributed by atoms with E-state index in [0.717, 1.165) is 0 Å². The van der Waals surface area contributed by atoms with E-state index in [4.69, 9.17) is 5.11 Å². The number of hydrogen-bond donors (Lipinski definition) is 8. The molecule has 0 aromatic rings. The predicted molar refractivity (Wildman–Crippen MR) is 168 cm³/mol. The molecular formula is C31H57N5O9. The Hall–Kier alpha value is -3.26. The average Bonchev–Trinajstić information content (AvgIpc) is 2.87. The number of aliphatic hydroxyl groups excluding tert-OH is 2. The van der Waals surface area contributed by atoms with Gasteiger partial charge in [0.05, 0.1) is 37.1 Å². The summed E-state index contributed by atoms with van der Waals surface area (Å²) in [5.74, 6) is -4.48. The number of carboxylic acid groups (broad SMARTS) is 1. The third-order valence-corrected chi connectivity index (χ3v) is 7.14. The fourth-order valence-corrected chi connectivity index (χ4v) is 4.77. The van der Waals surface area contributed by atoms with E-state index in [9.17, 15) is 39.0 Å². The van der Waals surface area contributed by atoms with E-state index in [-0.39, 0.29) is 29.6 Å². The standard InChI is InChI=1S/C31H57N5O9/c1-15(2)11-21(35-30(44)28(18(7)8)36-31(45)27(17(5)6)33-20(10)37)23(38)13-25(40)32-19(9)29(43)34-22(12-16(3)4)24(39)14-26(41)42/h15-19,21-24,27-28,38-39H,11-14H2,1-10H3,(H,32,40)(H,33,37)(H,34,43)(H,35,44)(H,36,45)(H,41,42)/t19-,21-,22-,23+,24-,27+,28-/m1/s1. The first kappa shape index (κ1) is 41.7. The molecule has 8 N–H and O–H groups in total. The lowest BCUT2D eigenvalue weighted by atomic mass is 9.95. The lowest BCUT2D eigenvalue weighted by Crippen LogP contribution is -2.59. The van der Waals surface area contributed by atoms with Crippen molar-refractivity contribution in [1.29, 1.82) is 0 Å². The second kappa shape index (κ2) is 20.0. The highest BCUT2D eigenvalue weighted by molar-refractivity contribution is 5.92. The zero-order valence-corrected chi connectivity index (χ0v) is 28.5. The summed E-state index contributed by atoms with van der Waals surface area (Å²) in [5.41, 5.74) is 0. The summed E-state index contributed by atoms with van der Waals surface area (Å²) in [6.07, 6.45) is -3.01. The Morgan fingerprint density at radius 3 is 1.36 bits per heavy atom. The number of aliphatic carboxylic acids is 1. The van der Waals surface area contributed by atoms with Crippen LogP contribution in [0.4, 0.5) is 0 Å². The van der Waals surface area contributed by atoms with E-state index in [0.29, 0.717) is 12.8 Å². The van der Waals surface area contributed by atoms with Gasteiger partial charge in [-0.25, -0.2) is 0 Å². The van der Waals surface area contributed by atoms with Crippen LogP contribution in [-0.2, 0) is 28.8 Å². The Kier molecular flexibility index (Phi) is 18.5. The summed E-state index contributed by atoms with van der Waals surface area (Å²) < 4.78 is 0. The summed E-state index contributed by atoms with van der Waals surface area (Å²) >= 11 is 0. The molecule has 14 heteroatoms. The fraction of sp³-hybridized carbons (Fsp3) is 0.806. The molecule has 0 spiro atoms. The second-order valence-corrected chi connectivity index (χ2v) is 13.4. The molecule has 0 heterocycles. The zero-order valence-electron chi connectivity index (χ0n) is 28.5. The van der Waals surface area contributed by atoms with Gasteiger partial charge in [0.1, 0.15) is 18.1 Å². The van der Waals surface area contributed by atoms with E-state index in [1.54, 1.807) is 27.7 Å². The molecular weight excluding hydrogens is 586 g/mol. The van der Waals surface area contributed by atoms with E-state index in [1.165, 1.54) is 13.8 Å². The number of aliphatic hydroxyl groups is 2. The van der Waals surface area contributed by atoms with Gasteiger partial charge in [-0.05, 0) is 43.4 Å². The Labute approximate surface area is 267 Å². The minimum atomic E-state index is -1.33. The van der Waals surface area contributed by atoms with Crippen molar-refractivity contribution < 1.29 is 44.1 Å². The summed E-state index contributed by atoms with van der Waals surface area (Å²) in [5, 5.41) is 43.5. The van der Waals surface area contributed by atoms with E-state index < -0.39 is 84.9 Å². The molecule has 0 fully saturated rings. The average molecular weight is 644 g/mol. The smallest absolute Gasteiger partial charge is 0.306 e. The highest BCUT2D eigenvalue weighted by Gasteiger charge is 2.33. The molecule has 0 saturated carbocycles. The third-order valence-electron chi connectivity index (χ3n) is 7.14. The van der Waals surface area contributed by atoms with Gasteiger partial charge in [-0.15, -0.1) is 0 Å². The molecule has 0 radical (unpaired) electrons. The third kappa shape index (κ3) is 16.6. The Morgan fingerprint density at radius 1 is 0.556 bits per heavy atom. The second-order valence-electron chi connectivity index (χ2n) is 13.4.